The van der Waals surface area contributed by atoms with Crippen LogP contribution in [0.3, 0.4) is 0 Å². The highest BCUT2D eigenvalue weighted by atomic mass is 15.1. The molecule has 0 bridgehead atoms. The standard InChI is InChI=1S/C13H23N3/c1-10(2)16-9-14-7-13(16)8-15-12-5-4-11(3)6-12/h7,9-12,15H,4-6,8H2,1-3H3. The Morgan fingerprint density at radius 2 is 2.31 bits per heavy atom. The lowest BCUT2D eigenvalue weighted by atomic mass is 10.1. The van der Waals surface area contributed by atoms with Crippen molar-refractivity contribution in [3.8, 4) is 0 Å². The quantitative estimate of drug-likeness (QED) is 0.847. The van der Waals surface area contributed by atoms with Gasteiger partial charge >= 0.3 is 0 Å². The molecule has 1 aromatic rings. The van der Waals surface area contributed by atoms with Crippen LogP contribution in [0.1, 0.15) is 51.8 Å². The Kier molecular flexibility index (Phi) is 3.64. The first-order valence-electron chi connectivity index (χ1n) is 6.41. The molecule has 1 aliphatic rings. The highest BCUT2D eigenvalue weighted by molar-refractivity contribution is 5.00. The van der Waals surface area contributed by atoms with E-state index in [9.17, 15) is 0 Å². The maximum atomic E-state index is 4.23. The summed E-state index contributed by atoms with van der Waals surface area (Å²) in [5, 5.41) is 3.65. The van der Waals surface area contributed by atoms with Gasteiger partial charge in [-0.3, -0.25) is 0 Å². The summed E-state index contributed by atoms with van der Waals surface area (Å²) in [7, 11) is 0. The van der Waals surface area contributed by atoms with Gasteiger partial charge in [-0.2, -0.15) is 0 Å². The van der Waals surface area contributed by atoms with Crippen molar-refractivity contribution < 1.29 is 0 Å². The van der Waals surface area contributed by atoms with E-state index in [0.717, 1.165) is 12.5 Å². The lowest BCUT2D eigenvalue weighted by Gasteiger charge is -2.15. The van der Waals surface area contributed by atoms with Crippen LogP contribution < -0.4 is 5.32 Å². The lowest BCUT2D eigenvalue weighted by molar-refractivity contribution is 0.479. The zero-order valence-electron chi connectivity index (χ0n) is 10.6. The second kappa shape index (κ2) is 5.00. The van der Waals surface area contributed by atoms with Crippen molar-refractivity contribution in [2.75, 3.05) is 0 Å². The summed E-state index contributed by atoms with van der Waals surface area (Å²) < 4.78 is 2.24. The third kappa shape index (κ3) is 2.64. The Labute approximate surface area is 98.3 Å². The van der Waals surface area contributed by atoms with Crippen LogP contribution in [0, 0.1) is 5.92 Å². The fraction of sp³-hybridized carbons (Fsp3) is 0.769. The molecule has 1 saturated carbocycles. The summed E-state index contributed by atoms with van der Waals surface area (Å²) in [6.45, 7) is 7.70. The SMILES string of the molecule is CC1CCC(NCc2cncn2C(C)C)C1. The van der Waals surface area contributed by atoms with Gasteiger partial charge < -0.3 is 9.88 Å². The van der Waals surface area contributed by atoms with Gasteiger partial charge in [0.25, 0.3) is 0 Å². The molecule has 0 spiro atoms. The molecule has 2 atom stereocenters. The molecule has 0 saturated heterocycles. The number of hydrogen-bond acceptors (Lipinski definition) is 2. The molecular weight excluding hydrogens is 198 g/mol. The number of rotatable bonds is 4. The molecule has 0 amide bonds. The van der Waals surface area contributed by atoms with E-state index in [-0.39, 0.29) is 0 Å². The Bertz CT molecular complexity index is 330. The topological polar surface area (TPSA) is 29.9 Å². The second-order valence-corrected chi connectivity index (χ2v) is 5.38. The van der Waals surface area contributed by atoms with Crippen LogP contribution in [0.25, 0.3) is 0 Å². The molecular formula is C13H23N3. The molecule has 90 valence electrons. The van der Waals surface area contributed by atoms with Gasteiger partial charge in [0.05, 0.1) is 12.0 Å². The van der Waals surface area contributed by atoms with Gasteiger partial charge in [0.15, 0.2) is 0 Å². The molecule has 1 fully saturated rings. The number of hydrogen-bond donors (Lipinski definition) is 1. The third-order valence-electron chi connectivity index (χ3n) is 3.57. The zero-order chi connectivity index (χ0) is 11.5. The third-order valence-corrected chi connectivity index (χ3v) is 3.57. The van der Waals surface area contributed by atoms with Gasteiger partial charge in [0, 0.05) is 24.8 Å². The average molecular weight is 221 g/mol. The molecule has 16 heavy (non-hydrogen) atoms. The van der Waals surface area contributed by atoms with E-state index >= 15 is 0 Å². The van der Waals surface area contributed by atoms with E-state index in [1.807, 2.05) is 12.5 Å². The second-order valence-electron chi connectivity index (χ2n) is 5.38. The van der Waals surface area contributed by atoms with Crippen LogP contribution in [-0.2, 0) is 6.54 Å². The number of aromatic nitrogens is 2. The molecule has 1 N–H and O–H groups in total. The van der Waals surface area contributed by atoms with Crippen molar-refractivity contribution in [3.63, 3.8) is 0 Å². The number of nitrogens with zero attached hydrogens (tertiary/aromatic N) is 2. The first-order valence-corrected chi connectivity index (χ1v) is 6.41. The minimum absolute atomic E-state index is 0.502. The van der Waals surface area contributed by atoms with Crippen LogP contribution in [0.2, 0.25) is 0 Å². The predicted molar refractivity (Wildman–Crippen MR) is 66.3 cm³/mol. The molecule has 2 rings (SSSR count). The zero-order valence-corrected chi connectivity index (χ0v) is 10.6. The Balaban J connectivity index is 1.87. The number of nitrogens with one attached hydrogen (secondary N) is 1. The van der Waals surface area contributed by atoms with Crippen LogP contribution in [0.4, 0.5) is 0 Å². The lowest BCUT2D eigenvalue weighted by Crippen LogP contribution is -2.27. The maximum Gasteiger partial charge on any atom is 0.0951 e. The van der Waals surface area contributed by atoms with Gasteiger partial charge in [-0.15, -0.1) is 0 Å². The van der Waals surface area contributed by atoms with Crippen LogP contribution >= 0.6 is 0 Å². The normalized spacial score (nSPS) is 25.5. The van der Waals surface area contributed by atoms with Crippen molar-refractivity contribution in [1.82, 2.24) is 14.9 Å². The molecule has 2 unspecified atom stereocenters. The Morgan fingerprint density at radius 3 is 2.94 bits per heavy atom. The molecule has 0 aliphatic heterocycles. The summed E-state index contributed by atoms with van der Waals surface area (Å²) in [4.78, 5) is 4.23. The van der Waals surface area contributed by atoms with E-state index in [1.54, 1.807) is 0 Å². The van der Waals surface area contributed by atoms with E-state index in [4.69, 9.17) is 0 Å². The Hall–Kier alpha value is -0.830. The molecule has 3 heteroatoms. The van der Waals surface area contributed by atoms with Crippen molar-refractivity contribution in [2.24, 2.45) is 5.92 Å². The molecule has 1 aromatic heterocycles. The predicted octanol–water partition coefficient (Wildman–Crippen LogP) is 2.74. The van der Waals surface area contributed by atoms with Gasteiger partial charge in [0.2, 0.25) is 0 Å². The number of imidazole rings is 1. The van der Waals surface area contributed by atoms with E-state index in [2.05, 4.69) is 35.6 Å². The van der Waals surface area contributed by atoms with Crippen molar-refractivity contribution in [3.05, 3.63) is 18.2 Å². The minimum Gasteiger partial charge on any atom is -0.331 e. The van der Waals surface area contributed by atoms with Crippen molar-refractivity contribution in [1.29, 1.82) is 0 Å². The highest BCUT2D eigenvalue weighted by Gasteiger charge is 2.20. The van der Waals surface area contributed by atoms with Gasteiger partial charge in [-0.1, -0.05) is 6.92 Å². The summed E-state index contributed by atoms with van der Waals surface area (Å²) in [5.74, 6) is 0.896. The first-order chi connectivity index (χ1) is 7.66. The van der Waals surface area contributed by atoms with Gasteiger partial charge in [0.1, 0.15) is 0 Å². The van der Waals surface area contributed by atoms with Crippen LogP contribution in [0.5, 0.6) is 0 Å². The summed E-state index contributed by atoms with van der Waals surface area (Å²) in [6.07, 6.45) is 7.94. The first kappa shape index (κ1) is 11.6. The largest absolute Gasteiger partial charge is 0.331 e. The molecule has 0 aromatic carbocycles. The molecule has 0 radical (unpaired) electrons. The monoisotopic (exact) mass is 221 g/mol. The van der Waals surface area contributed by atoms with Crippen molar-refractivity contribution in [2.45, 2.75) is 58.7 Å². The maximum absolute atomic E-state index is 4.23. The van der Waals surface area contributed by atoms with E-state index < -0.39 is 0 Å². The smallest absolute Gasteiger partial charge is 0.0951 e. The van der Waals surface area contributed by atoms with Crippen molar-refractivity contribution >= 4 is 0 Å². The molecule has 3 nitrogen and oxygen atoms in total. The fourth-order valence-corrected chi connectivity index (χ4v) is 2.58. The van der Waals surface area contributed by atoms with E-state index in [1.165, 1.54) is 25.0 Å². The fourth-order valence-electron chi connectivity index (χ4n) is 2.58. The minimum atomic E-state index is 0.502. The highest BCUT2D eigenvalue weighted by Crippen LogP contribution is 2.24. The van der Waals surface area contributed by atoms with Crippen LogP contribution in [-0.4, -0.2) is 15.6 Å². The molecule has 1 heterocycles. The summed E-state index contributed by atoms with van der Waals surface area (Å²) in [5.41, 5.74) is 1.30. The summed E-state index contributed by atoms with van der Waals surface area (Å²) in [6, 6.07) is 1.22. The van der Waals surface area contributed by atoms with Gasteiger partial charge in [-0.05, 0) is 39.0 Å². The summed E-state index contributed by atoms with van der Waals surface area (Å²) >= 11 is 0. The average Bonchev–Trinajstić information content (AvgIpc) is 2.83. The van der Waals surface area contributed by atoms with E-state index in [0.29, 0.717) is 12.1 Å². The Morgan fingerprint density at radius 1 is 1.50 bits per heavy atom. The van der Waals surface area contributed by atoms with Crippen LogP contribution in [0.15, 0.2) is 12.5 Å². The molecule has 1 aliphatic carbocycles. The van der Waals surface area contributed by atoms with Gasteiger partial charge in [-0.25, -0.2) is 4.98 Å².